The van der Waals surface area contributed by atoms with E-state index in [1.165, 1.54) is 11.8 Å². The van der Waals surface area contributed by atoms with E-state index < -0.39 is 0 Å². The highest BCUT2D eigenvalue weighted by atomic mass is 35.5. The van der Waals surface area contributed by atoms with Gasteiger partial charge in [0.15, 0.2) is 22.5 Å². The minimum Gasteiger partial charge on any atom is -0.490 e. The number of thioether (sulfide) groups is 1. The van der Waals surface area contributed by atoms with Crippen LogP contribution in [0.3, 0.4) is 0 Å². The highest BCUT2D eigenvalue weighted by molar-refractivity contribution is 7.99. The number of nitrogens with one attached hydrogen (secondary N) is 1. The summed E-state index contributed by atoms with van der Waals surface area (Å²) >= 11 is 7.24. The molecule has 1 aromatic heterocycles. The van der Waals surface area contributed by atoms with E-state index in [9.17, 15) is 4.79 Å². The monoisotopic (exact) mass is 458 g/mol. The number of nitrogens with zero attached hydrogens (tertiary/aromatic N) is 3. The number of ether oxygens (including phenoxy) is 2. The van der Waals surface area contributed by atoms with Gasteiger partial charge < -0.3 is 19.4 Å². The maximum Gasteiger partial charge on any atom is 0.234 e. The highest BCUT2D eigenvalue weighted by Gasteiger charge is 2.20. The van der Waals surface area contributed by atoms with Gasteiger partial charge in [0.05, 0.1) is 19.0 Å². The molecule has 1 aliphatic rings. The fourth-order valence-electron chi connectivity index (χ4n) is 3.29. The molecule has 3 aromatic rings. The number of carbonyl (C=O) groups is 1. The lowest BCUT2D eigenvalue weighted by molar-refractivity contribution is -0.113. The van der Waals surface area contributed by atoms with E-state index >= 15 is 0 Å². The molecule has 0 aliphatic carbocycles. The topological polar surface area (TPSA) is 78.3 Å². The number of aromatic nitrogens is 3. The number of carbonyl (C=O) groups excluding carboxylic acids is 1. The zero-order valence-corrected chi connectivity index (χ0v) is 18.9. The van der Waals surface area contributed by atoms with E-state index in [4.69, 9.17) is 21.1 Å². The zero-order valence-electron chi connectivity index (χ0n) is 17.4. The van der Waals surface area contributed by atoms with E-state index in [1.54, 1.807) is 24.3 Å². The van der Waals surface area contributed by atoms with Crippen molar-refractivity contribution in [1.29, 1.82) is 0 Å². The van der Waals surface area contributed by atoms with Crippen LogP contribution in [0.25, 0.3) is 11.4 Å². The molecule has 1 aliphatic heterocycles. The first-order valence-corrected chi connectivity index (χ1v) is 11.4. The summed E-state index contributed by atoms with van der Waals surface area (Å²) in [5.74, 6) is 2.33. The van der Waals surface area contributed by atoms with Gasteiger partial charge in [-0.05, 0) is 55.8 Å². The first kappa shape index (κ1) is 21.5. The summed E-state index contributed by atoms with van der Waals surface area (Å²) in [5, 5.41) is 12.9. The second-order valence-electron chi connectivity index (χ2n) is 7.06. The molecule has 9 heteroatoms. The Morgan fingerprint density at radius 1 is 1.16 bits per heavy atom. The smallest absolute Gasteiger partial charge is 0.234 e. The van der Waals surface area contributed by atoms with Crippen molar-refractivity contribution in [1.82, 2.24) is 14.8 Å². The Bertz CT molecular complexity index is 1090. The van der Waals surface area contributed by atoms with Gasteiger partial charge in [-0.3, -0.25) is 4.79 Å². The van der Waals surface area contributed by atoms with Crippen molar-refractivity contribution in [3.05, 3.63) is 47.0 Å². The molecule has 0 atom stereocenters. The predicted molar refractivity (Wildman–Crippen MR) is 122 cm³/mol. The maximum atomic E-state index is 12.3. The molecule has 0 saturated heterocycles. The summed E-state index contributed by atoms with van der Waals surface area (Å²) in [5.41, 5.74) is 2.68. The molecule has 1 N–H and O–H groups in total. The second kappa shape index (κ2) is 9.62. The lowest BCUT2D eigenvalue weighted by atomic mass is 10.1. The van der Waals surface area contributed by atoms with Gasteiger partial charge in [-0.25, -0.2) is 0 Å². The summed E-state index contributed by atoms with van der Waals surface area (Å²) in [6.45, 7) is 6.00. The summed E-state index contributed by atoms with van der Waals surface area (Å²) in [6.07, 6.45) is 0.854. The Morgan fingerprint density at radius 2 is 1.87 bits per heavy atom. The second-order valence-corrected chi connectivity index (χ2v) is 8.44. The normalized spacial score (nSPS) is 13.0. The van der Waals surface area contributed by atoms with E-state index in [2.05, 4.69) is 15.5 Å². The fourth-order valence-corrected chi connectivity index (χ4v) is 4.22. The van der Waals surface area contributed by atoms with Crippen LogP contribution in [0.4, 0.5) is 5.69 Å². The van der Waals surface area contributed by atoms with Gasteiger partial charge >= 0.3 is 0 Å². The molecule has 0 bridgehead atoms. The first-order valence-electron chi connectivity index (χ1n) is 10.1. The third-order valence-electron chi connectivity index (χ3n) is 4.83. The Morgan fingerprint density at radius 3 is 2.58 bits per heavy atom. The Balaban J connectivity index is 1.51. The molecule has 31 heavy (non-hydrogen) atoms. The average Bonchev–Trinajstić information content (AvgIpc) is 3.03. The van der Waals surface area contributed by atoms with Crippen molar-refractivity contribution >= 4 is 35.0 Å². The quantitative estimate of drug-likeness (QED) is 0.533. The van der Waals surface area contributed by atoms with Gasteiger partial charge in [0.2, 0.25) is 5.91 Å². The van der Waals surface area contributed by atoms with Gasteiger partial charge in [0, 0.05) is 29.2 Å². The van der Waals surface area contributed by atoms with Crippen molar-refractivity contribution in [2.45, 2.75) is 32.0 Å². The minimum atomic E-state index is -0.119. The number of benzene rings is 2. The number of amides is 1. The summed E-state index contributed by atoms with van der Waals surface area (Å²) < 4.78 is 13.6. The third-order valence-corrected chi connectivity index (χ3v) is 6.05. The van der Waals surface area contributed by atoms with E-state index in [0.29, 0.717) is 35.6 Å². The van der Waals surface area contributed by atoms with E-state index in [1.807, 2.05) is 30.5 Å². The molecule has 0 radical (unpaired) electrons. The maximum absolute atomic E-state index is 12.3. The van der Waals surface area contributed by atoms with Crippen molar-refractivity contribution in [3.63, 3.8) is 0 Å². The molecule has 0 spiro atoms. The molecule has 2 aromatic carbocycles. The molecule has 7 nitrogen and oxygen atoms in total. The molecular formula is C22H23ClN4O3S. The Kier molecular flexibility index (Phi) is 6.67. The van der Waals surface area contributed by atoms with Gasteiger partial charge in [-0.15, -0.1) is 10.2 Å². The van der Waals surface area contributed by atoms with Gasteiger partial charge in [0.1, 0.15) is 0 Å². The van der Waals surface area contributed by atoms with Crippen LogP contribution in [-0.2, 0) is 11.3 Å². The molecular weight excluding hydrogens is 436 g/mol. The highest BCUT2D eigenvalue weighted by Crippen LogP contribution is 2.37. The van der Waals surface area contributed by atoms with Crippen molar-refractivity contribution in [2.24, 2.45) is 0 Å². The van der Waals surface area contributed by atoms with Gasteiger partial charge in [-0.2, -0.15) is 0 Å². The van der Waals surface area contributed by atoms with E-state index in [0.717, 1.165) is 34.9 Å². The number of hydrogen-bond donors (Lipinski definition) is 1. The number of fused-ring (bicyclic) bond motifs is 1. The lowest BCUT2D eigenvalue weighted by Gasteiger charge is -2.13. The van der Waals surface area contributed by atoms with Crippen LogP contribution in [0.15, 0.2) is 41.6 Å². The predicted octanol–water partition coefficient (Wildman–Crippen LogP) is 4.82. The molecule has 4 rings (SSSR count). The van der Waals surface area contributed by atoms with Crippen molar-refractivity contribution in [3.8, 4) is 22.9 Å². The first-order chi connectivity index (χ1) is 15.0. The number of anilines is 1. The third kappa shape index (κ3) is 4.97. The van der Waals surface area contributed by atoms with Crippen LogP contribution in [0.1, 0.15) is 18.9 Å². The summed E-state index contributed by atoms with van der Waals surface area (Å²) in [6, 6.07) is 11.0. The van der Waals surface area contributed by atoms with Crippen molar-refractivity contribution in [2.75, 3.05) is 24.3 Å². The van der Waals surface area contributed by atoms with Gasteiger partial charge in [-0.1, -0.05) is 23.4 Å². The minimum absolute atomic E-state index is 0.119. The van der Waals surface area contributed by atoms with Crippen LogP contribution in [0, 0.1) is 6.92 Å². The van der Waals surface area contributed by atoms with Crippen LogP contribution >= 0.6 is 23.4 Å². The Hall–Kier alpha value is -2.71. The number of rotatable bonds is 6. The van der Waals surface area contributed by atoms with E-state index in [-0.39, 0.29) is 11.7 Å². The van der Waals surface area contributed by atoms with Crippen molar-refractivity contribution < 1.29 is 14.3 Å². The summed E-state index contributed by atoms with van der Waals surface area (Å²) in [7, 11) is 0. The average molecular weight is 459 g/mol. The van der Waals surface area contributed by atoms with Gasteiger partial charge in [0.25, 0.3) is 0 Å². The zero-order chi connectivity index (χ0) is 21.8. The molecule has 1 amide bonds. The number of halogens is 1. The molecule has 2 heterocycles. The molecule has 162 valence electrons. The number of aryl methyl sites for hydroxylation is 1. The number of hydrogen-bond acceptors (Lipinski definition) is 6. The van der Waals surface area contributed by atoms with Crippen LogP contribution in [0.5, 0.6) is 11.5 Å². The molecule has 0 unspecified atom stereocenters. The van der Waals surface area contributed by atoms with Crippen LogP contribution < -0.4 is 14.8 Å². The molecule has 0 fully saturated rings. The fraction of sp³-hybridized carbons (Fsp3) is 0.318. The van der Waals surface area contributed by atoms with Crippen LogP contribution in [0.2, 0.25) is 5.02 Å². The SMILES string of the molecule is CCn1c(SCC(=O)Nc2ccc(Cl)cc2)nnc1-c1cc2c(cc1C)OCCCO2. The summed E-state index contributed by atoms with van der Waals surface area (Å²) in [4.78, 5) is 12.3. The lowest BCUT2D eigenvalue weighted by Crippen LogP contribution is -2.14. The molecule has 0 saturated carbocycles. The standard InChI is InChI=1S/C22H23ClN4O3S/c1-3-27-21(17-12-19-18(11-14(17)2)29-9-4-10-30-19)25-26-22(27)31-13-20(28)24-16-7-5-15(23)6-8-16/h5-8,11-12H,3-4,9-10,13H2,1-2H3,(H,24,28). The largest absolute Gasteiger partial charge is 0.490 e. The Labute approximate surface area is 190 Å². The van der Waals surface area contributed by atoms with Crippen LogP contribution in [-0.4, -0.2) is 39.6 Å².